The fourth-order valence-corrected chi connectivity index (χ4v) is 4.17. The highest BCUT2D eigenvalue weighted by Gasteiger charge is 2.28. The van der Waals surface area contributed by atoms with Gasteiger partial charge in [-0.1, -0.05) is 6.07 Å². The Balaban J connectivity index is 2.05. The van der Waals surface area contributed by atoms with E-state index in [1.165, 1.54) is 16.7 Å². The number of carbonyl (C=O) groups is 1. The van der Waals surface area contributed by atoms with Crippen LogP contribution in [0.1, 0.15) is 30.0 Å². The minimum atomic E-state index is -0.231. The van der Waals surface area contributed by atoms with Crippen LogP contribution in [0.5, 0.6) is 0 Å². The van der Waals surface area contributed by atoms with Crippen molar-refractivity contribution < 1.29 is 9.53 Å². The zero-order valence-corrected chi connectivity index (χ0v) is 14.0. The second-order valence-corrected chi connectivity index (χ2v) is 6.33. The average molecular weight is 353 g/mol. The van der Waals surface area contributed by atoms with E-state index in [4.69, 9.17) is 4.74 Å². The smallest absolute Gasteiger partial charge is 0.414 e. The van der Waals surface area contributed by atoms with E-state index in [0.29, 0.717) is 6.61 Å². The Bertz CT molecular complexity index is 560. The number of halogens is 1. The van der Waals surface area contributed by atoms with Crippen molar-refractivity contribution in [3.05, 3.63) is 27.2 Å². The quantitative estimate of drug-likeness (QED) is 0.844. The summed E-state index contributed by atoms with van der Waals surface area (Å²) in [6, 6.07) is 2.30. The van der Waals surface area contributed by atoms with Crippen LogP contribution in [0.15, 0.2) is 10.5 Å². The zero-order chi connectivity index (χ0) is 14.8. The summed E-state index contributed by atoms with van der Waals surface area (Å²) in [4.78, 5) is 14.0. The lowest BCUT2D eigenvalue weighted by Crippen LogP contribution is -2.36. The third-order valence-electron chi connectivity index (χ3n) is 4.22. The van der Waals surface area contributed by atoms with Gasteiger partial charge in [0.25, 0.3) is 0 Å². The Morgan fingerprint density at radius 2 is 2.14 bits per heavy atom. The van der Waals surface area contributed by atoms with Gasteiger partial charge < -0.3 is 10.1 Å². The molecular formula is C16H21BrN2O2. The third kappa shape index (κ3) is 2.81. The molecule has 0 saturated heterocycles. The van der Waals surface area contributed by atoms with Gasteiger partial charge in [0.05, 0.1) is 12.3 Å². The SMILES string of the molecule is CCOC(=O)N1CCCc2cc3c(c(Br)c21)CCNCC3. The normalized spacial score (nSPS) is 17.7. The molecule has 0 saturated carbocycles. The second kappa shape index (κ2) is 6.36. The van der Waals surface area contributed by atoms with Gasteiger partial charge in [0.2, 0.25) is 0 Å². The Labute approximate surface area is 134 Å². The minimum absolute atomic E-state index is 0.231. The Kier molecular flexibility index (Phi) is 4.50. The van der Waals surface area contributed by atoms with Crippen molar-refractivity contribution in [2.24, 2.45) is 0 Å². The summed E-state index contributed by atoms with van der Waals surface area (Å²) in [7, 11) is 0. The van der Waals surface area contributed by atoms with E-state index in [1.807, 2.05) is 6.92 Å². The molecule has 0 aromatic heterocycles. The summed E-state index contributed by atoms with van der Waals surface area (Å²) in [5, 5.41) is 3.44. The lowest BCUT2D eigenvalue weighted by Gasteiger charge is -2.31. The van der Waals surface area contributed by atoms with E-state index in [2.05, 4.69) is 27.3 Å². The fraction of sp³-hybridized carbons (Fsp3) is 0.562. The van der Waals surface area contributed by atoms with Crippen molar-refractivity contribution in [2.75, 3.05) is 31.1 Å². The molecule has 1 N–H and O–H groups in total. The first kappa shape index (κ1) is 14.9. The van der Waals surface area contributed by atoms with E-state index in [9.17, 15) is 4.79 Å². The third-order valence-corrected chi connectivity index (χ3v) is 5.08. The molecule has 0 unspecified atom stereocenters. The van der Waals surface area contributed by atoms with Crippen LogP contribution >= 0.6 is 15.9 Å². The van der Waals surface area contributed by atoms with Gasteiger partial charge in [0.15, 0.2) is 0 Å². The molecule has 0 fully saturated rings. The summed E-state index contributed by atoms with van der Waals surface area (Å²) in [5.41, 5.74) is 5.05. The minimum Gasteiger partial charge on any atom is -0.449 e. The van der Waals surface area contributed by atoms with Crippen LogP contribution in [0.2, 0.25) is 0 Å². The van der Waals surface area contributed by atoms with Crippen molar-refractivity contribution >= 4 is 27.7 Å². The van der Waals surface area contributed by atoms with Crippen LogP contribution in [0.25, 0.3) is 0 Å². The highest BCUT2D eigenvalue weighted by atomic mass is 79.9. The monoisotopic (exact) mass is 352 g/mol. The van der Waals surface area contributed by atoms with Crippen LogP contribution in [-0.2, 0) is 24.0 Å². The summed E-state index contributed by atoms with van der Waals surface area (Å²) in [6.45, 7) is 5.02. The van der Waals surface area contributed by atoms with Crippen molar-refractivity contribution in [1.29, 1.82) is 0 Å². The molecule has 5 heteroatoms. The van der Waals surface area contributed by atoms with E-state index in [0.717, 1.165) is 55.5 Å². The van der Waals surface area contributed by atoms with Gasteiger partial charge in [-0.15, -0.1) is 0 Å². The summed E-state index contributed by atoms with van der Waals surface area (Å²) in [5.74, 6) is 0. The van der Waals surface area contributed by atoms with Gasteiger partial charge >= 0.3 is 6.09 Å². The number of anilines is 1. The van der Waals surface area contributed by atoms with E-state index >= 15 is 0 Å². The molecule has 1 aromatic carbocycles. The Morgan fingerprint density at radius 3 is 2.95 bits per heavy atom. The molecule has 0 radical (unpaired) electrons. The van der Waals surface area contributed by atoms with Crippen LogP contribution in [0, 0.1) is 0 Å². The molecule has 2 aliphatic heterocycles. The number of fused-ring (bicyclic) bond motifs is 2. The van der Waals surface area contributed by atoms with Gasteiger partial charge in [0.1, 0.15) is 0 Å². The molecule has 4 nitrogen and oxygen atoms in total. The summed E-state index contributed by atoms with van der Waals surface area (Å²) < 4.78 is 6.31. The summed E-state index contributed by atoms with van der Waals surface area (Å²) >= 11 is 3.77. The number of nitrogens with zero attached hydrogens (tertiary/aromatic N) is 1. The molecule has 21 heavy (non-hydrogen) atoms. The summed E-state index contributed by atoms with van der Waals surface area (Å²) in [6.07, 6.45) is 3.85. The predicted molar refractivity (Wildman–Crippen MR) is 87.1 cm³/mol. The molecule has 2 aliphatic rings. The van der Waals surface area contributed by atoms with Crippen LogP contribution in [0.4, 0.5) is 10.5 Å². The lowest BCUT2D eigenvalue weighted by molar-refractivity contribution is 0.159. The maximum absolute atomic E-state index is 12.2. The number of benzene rings is 1. The maximum Gasteiger partial charge on any atom is 0.414 e. The molecule has 0 spiro atoms. The molecule has 1 amide bonds. The number of hydrogen-bond donors (Lipinski definition) is 1. The van der Waals surface area contributed by atoms with Gasteiger partial charge in [-0.05, 0) is 78.3 Å². The average Bonchev–Trinajstić information content (AvgIpc) is 2.72. The van der Waals surface area contributed by atoms with Crippen molar-refractivity contribution in [3.8, 4) is 0 Å². The number of ether oxygens (including phenoxy) is 1. The standard InChI is InChI=1S/C16H21BrN2O2/c1-2-21-16(20)19-9-3-4-12-10-11-5-7-18-8-6-13(11)14(17)15(12)19/h10,18H,2-9H2,1H3. The topological polar surface area (TPSA) is 41.6 Å². The first-order valence-corrected chi connectivity index (χ1v) is 8.49. The maximum atomic E-state index is 12.2. The van der Waals surface area contributed by atoms with E-state index in [-0.39, 0.29) is 6.09 Å². The van der Waals surface area contributed by atoms with Crippen LogP contribution < -0.4 is 10.2 Å². The van der Waals surface area contributed by atoms with Gasteiger partial charge in [-0.2, -0.15) is 0 Å². The number of rotatable bonds is 1. The second-order valence-electron chi connectivity index (χ2n) is 5.54. The number of aryl methyl sites for hydroxylation is 1. The molecule has 0 atom stereocenters. The largest absolute Gasteiger partial charge is 0.449 e. The van der Waals surface area contributed by atoms with Crippen LogP contribution in [-0.4, -0.2) is 32.3 Å². The predicted octanol–water partition coefficient (Wildman–Crippen LogP) is 3.05. The molecule has 3 rings (SSSR count). The highest BCUT2D eigenvalue weighted by Crippen LogP contribution is 2.40. The van der Waals surface area contributed by atoms with Crippen molar-refractivity contribution in [3.63, 3.8) is 0 Å². The van der Waals surface area contributed by atoms with E-state index in [1.54, 1.807) is 4.90 Å². The Hall–Kier alpha value is -1.07. The number of nitrogens with one attached hydrogen (secondary N) is 1. The number of hydrogen-bond acceptors (Lipinski definition) is 3. The molecule has 114 valence electrons. The molecule has 0 aliphatic carbocycles. The molecule has 1 aromatic rings. The molecule has 0 bridgehead atoms. The first-order valence-electron chi connectivity index (χ1n) is 7.70. The van der Waals surface area contributed by atoms with Gasteiger partial charge in [0, 0.05) is 11.0 Å². The van der Waals surface area contributed by atoms with Crippen LogP contribution in [0.3, 0.4) is 0 Å². The molecular weight excluding hydrogens is 332 g/mol. The number of amides is 1. The van der Waals surface area contributed by atoms with Crippen molar-refractivity contribution in [1.82, 2.24) is 5.32 Å². The van der Waals surface area contributed by atoms with E-state index < -0.39 is 0 Å². The van der Waals surface area contributed by atoms with Gasteiger partial charge in [-0.3, -0.25) is 4.90 Å². The lowest BCUT2D eigenvalue weighted by atomic mass is 9.93. The number of carbonyl (C=O) groups excluding carboxylic acids is 1. The first-order chi connectivity index (χ1) is 10.2. The Morgan fingerprint density at radius 1 is 1.33 bits per heavy atom. The fourth-order valence-electron chi connectivity index (χ4n) is 3.25. The highest BCUT2D eigenvalue weighted by molar-refractivity contribution is 9.10. The van der Waals surface area contributed by atoms with Gasteiger partial charge in [-0.25, -0.2) is 4.79 Å². The zero-order valence-electron chi connectivity index (χ0n) is 12.4. The molecule has 2 heterocycles. The van der Waals surface area contributed by atoms with Crippen molar-refractivity contribution in [2.45, 2.75) is 32.6 Å².